The fourth-order valence-electron chi connectivity index (χ4n) is 4.93. The first-order valence-corrected chi connectivity index (χ1v) is 11.6. The van der Waals surface area contributed by atoms with Gasteiger partial charge in [-0.2, -0.15) is 0 Å². The number of non-ortho nitro benzene ring substituents is 1. The molecule has 0 radical (unpaired) electrons. The summed E-state index contributed by atoms with van der Waals surface area (Å²) >= 11 is 6.07. The second-order valence-electron chi connectivity index (χ2n) is 8.64. The highest BCUT2D eigenvalue weighted by atomic mass is 35.5. The Labute approximate surface area is 202 Å². The van der Waals surface area contributed by atoms with Gasteiger partial charge in [0.05, 0.1) is 16.9 Å². The molecule has 0 bridgehead atoms. The van der Waals surface area contributed by atoms with Gasteiger partial charge in [-0.25, -0.2) is 0 Å². The Morgan fingerprint density at radius 3 is 2.74 bits per heavy atom. The highest BCUT2D eigenvalue weighted by Gasteiger charge is 2.42. The van der Waals surface area contributed by atoms with Gasteiger partial charge < -0.3 is 15.1 Å². The SMILES string of the molecule is O=C(NCc1cccnc1)[C@H]1Cc2cc([N+](=O)[O-])ccc2N2CCN(c3ccc(Cl)cc3)C[C@H]12. The minimum Gasteiger partial charge on any atom is -0.368 e. The molecule has 3 heterocycles. The van der Waals surface area contributed by atoms with Crippen molar-refractivity contribution in [3.05, 3.63) is 93.3 Å². The Bertz CT molecular complexity index is 1200. The maximum absolute atomic E-state index is 13.4. The number of halogens is 1. The van der Waals surface area contributed by atoms with E-state index in [1.165, 1.54) is 0 Å². The van der Waals surface area contributed by atoms with E-state index >= 15 is 0 Å². The number of hydrogen-bond acceptors (Lipinski definition) is 6. The summed E-state index contributed by atoms with van der Waals surface area (Å²) in [4.78, 5) is 33.0. The van der Waals surface area contributed by atoms with Crippen LogP contribution in [0.2, 0.25) is 5.02 Å². The van der Waals surface area contributed by atoms with Crippen LogP contribution in [0.25, 0.3) is 0 Å². The Morgan fingerprint density at radius 1 is 1.18 bits per heavy atom. The van der Waals surface area contributed by atoms with Crippen molar-refractivity contribution in [2.45, 2.75) is 19.0 Å². The smallest absolute Gasteiger partial charge is 0.269 e. The molecule has 1 fully saturated rings. The summed E-state index contributed by atoms with van der Waals surface area (Å²) in [6.45, 7) is 2.55. The summed E-state index contributed by atoms with van der Waals surface area (Å²) in [5.41, 5.74) is 3.85. The van der Waals surface area contributed by atoms with Gasteiger partial charge in [-0.1, -0.05) is 17.7 Å². The third kappa shape index (κ3) is 4.41. The minimum atomic E-state index is -0.387. The quantitative estimate of drug-likeness (QED) is 0.443. The zero-order valence-electron chi connectivity index (χ0n) is 18.4. The highest BCUT2D eigenvalue weighted by Crippen LogP contribution is 2.38. The van der Waals surface area contributed by atoms with Crippen LogP contribution >= 0.6 is 11.6 Å². The van der Waals surface area contributed by atoms with E-state index in [-0.39, 0.29) is 28.5 Å². The van der Waals surface area contributed by atoms with E-state index in [9.17, 15) is 14.9 Å². The number of fused-ring (bicyclic) bond motifs is 3. The van der Waals surface area contributed by atoms with E-state index in [1.54, 1.807) is 24.5 Å². The maximum atomic E-state index is 13.4. The zero-order chi connectivity index (χ0) is 23.7. The molecule has 0 spiro atoms. The molecule has 8 nitrogen and oxygen atoms in total. The van der Waals surface area contributed by atoms with Gasteiger partial charge >= 0.3 is 0 Å². The number of hydrogen-bond donors (Lipinski definition) is 1. The van der Waals surface area contributed by atoms with Gasteiger partial charge in [-0.05, 0) is 53.9 Å². The van der Waals surface area contributed by atoms with Crippen molar-refractivity contribution in [3.8, 4) is 0 Å². The van der Waals surface area contributed by atoms with Crippen molar-refractivity contribution in [1.82, 2.24) is 10.3 Å². The standard InChI is InChI=1S/C25H24ClN5O3/c26-19-3-5-20(6-4-19)29-10-11-30-23-8-7-21(31(33)34)12-18(23)13-22(24(30)16-29)25(32)28-15-17-2-1-9-27-14-17/h1-9,12,14,22,24H,10-11,13,15-16H2,(H,28,32)/t22-,24+/m0/s1. The average Bonchev–Trinajstić information content (AvgIpc) is 2.87. The fourth-order valence-corrected chi connectivity index (χ4v) is 5.06. The number of aromatic nitrogens is 1. The van der Waals surface area contributed by atoms with Crippen LogP contribution in [0.1, 0.15) is 11.1 Å². The van der Waals surface area contributed by atoms with Gasteiger partial charge in [0.2, 0.25) is 5.91 Å². The van der Waals surface area contributed by atoms with E-state index in [1.807, 2.05) is 42.5 Å². The molecule has 174 valence electrons. The van der Waals surface area contributed by atoms with Crippen molar-refractivity contribution in [3.63, 3.8) is 0 Å². The molecular weight excluding hydrogens is 454 g/mol. The lowest BCUT2D eigenvalue weighted by Crippen LogP contribution is -2.61. The molecule has 5 rings (SSSR count). The molecule has 0 saturated carbocycles. The van der Waals surface area contributed by atoms with E-state index in [0.29, 0.717) is 31.1 Å². The van der Waals surface area contributed by atoms with Crippen LogP contribution in [0.4, 0.5) is 17.1 Å². The van der Waals surface area contributed by atoms with Crippen LogP contribution in [0.5, 0.6) is 0 Å². The summed E-state index contributed by atoms with van der Waals surface area (Å²) in [6, 6.07) is 16.4. The molecule has 9 heteroatoms. The topological polar surface area (TPSA) is 91.6 Å². The van der Waals surface area contributed by atoms with Crippen LogP contribution in [-0.4, -0.2) is 41.5 Å². The number of carbonyl (C=O) groups is 1. The number of piperazine rings is 1. The van der Waals surface area contributed by atoms with Crippen molar-refractivity contribution in [1.29, 1.82) is 0 Å². The van der Waals surface area contributed by atoms with Crippen molar-refractivity contribution < 1.29 is 9.72 Å². The second kappa shape index (κ2) is 9.30. The molecule has 0 unspecified atom stereocenters. The van der Waals surface area contributed by atoms with Gasteiger partial charge in [-0.3, -0.25) is 19.9 Å². The minimum absolute atomic E-state index is 0.0477. The van der Waals surface area contributed by atoms with Crippen LogP contribution in [-0.2, 0) is 17.8 Å². The predicted octanol–water partition coefficient (Wildman–Crippen LogP) is 3.83. The molecule has 1 aromatic heterocycles. The number of nitrogens with zero attached hydrogens (tertiary/aromatic N) is 4. The third-order valence-electron chi connectivity index (χ3n) is 6.62. The van der Waals surface area contributed by atoms with E-state index < -0.39 is 0 Å². The Kier molecular flexibility index (Phi) is 6.06. The van der Waals surface area contributed by atoms with Gasteiger partial charge in [0.25, 0.3) is 5.69 Å². The number of amides is 1. The molecule has 0 aliphatic carbocycles. The molecule has 1 amide bonds. The number of nitro benzene ring substituents is 1. The van der Waals surface area contributed by atoms with Gasteiger partial charge in [-0.15, -0.1) is 0 Å². The number of nitro groups is 1. The van der Waals surface area contributed by atoms with Crippen LogP contribution in [0, 0.1) is 16.0 Å². The molecule has 3 aromatic rings. The molecule has 34 heavy (non-hydrogen) atoms. The summed E-state index contributed by atoms with van der Waals surface area (Å²) in [5, 5.41) is 15.1. The normalized spacial score (nSPS) is 19.2. The molecule has 2 aliphatic heterocycles. The lowest BCUT2D eigenvalue weighted by molar-refractivity contribution is -0.384. The summed E-state index contributed by atoms with van der Waals surface area (Å²) in [7, 11) is 0. The number of benzene rings is 2. The van der Waals surface area contributed by atoms with Crippen molar-refractivity contribution in [2.75, 3.05) is 29.4 Å². The summed E-state index contributed by atoms with van der Waals surface area (Å²) in [6.07, 6.45) is 3.88. The maximum Gasteiger partial charge on any atom is 0.269 e. The Hall–Kier alpha value is -3.65. The third-order valence-corrected chi connectivity index (χ3v) is 6.88. The lowest BCUT2D eigenvalue weighted by atomic mass is 9.83. The monoisotopic (exact) mass is 477 g/mol. The first-order chi connectivity index (χ1) is 16.5. The Morgan fingerprint density at radius 2 is 2.00 bits per heavy atom. The van der Waals surface area contributed by atoms with Crippen LogP contribution in [0.15, 0.2) is 67.0 Å². The molecule has 2 aromatic carbocycles. The molecule has 1 saturated heterocycles. The fraction of sp³-hybridized carbons (Fsp3) is 0.280. The van der Waals surface area contributed by atoms with Crippen molar-refractivity contribution in [2.24, 2.45) is 5.92 Å². The van der Waals surface area contributed by atoms with Gasteiger partial charge in [0, 0.05) is 67.1 Å². The first kappa shape index (κ1) is 22.2. The molecule has 2 aliphatic rings. The molecule has 2 atom stereocenters. The first-order valence-electron chi connectivity index (χ1n) is 11.2. The number of pyridine rings is 1. The van der Waals surface area contributed by atoms with Gasteiger partial charge in [0.15, 0.2) is 0 Å². The zero-order valence-corrected chi connectivity index (χ0v) is 19.2. The van der Waals surface area contributed by atoms with E-state index in [2.05, 4.69) is 20.1 Å². The van der Waals surface area contributed by atoms with Gasteiger partial charge in [0.1, 0.15) is 0 Å². The number of rotatable bonds is 5. The van der Waals surface area contributed by atoms with E-state index in [4.69, 9.17) is 11.6 Å². The molecule has 1 N–H and O–H groups in total. The highest BCUT2D eigenvalue weighted by molar-refractivity contribution is 6.30. The Balaban J connectivity index is 1.43. The van der Waals surface area contributed by atoms with E-state index in [0.717, 1.165) is 29.0 Å². The number of anilines is 2. The van der Waals surface area contributed by atoms with Crippen LogP contribution in [0.3, 0.4) is 0 Å². The average molecular weight is 478 g/mol. The molecular formula is C25H24ClN5O3. The predicted molar refractivity (Wildman–Crippen MR) is 131 cm³/mol. The summed E-state index contributed by atoms with van der Waals surface area (Å²) < 4.78 is 0. The number of carbonyl (C=O) groups excluding carboxylic acids is 1. The number of nitrogens with one attached hydrogen (secondary N) is 1. The summed E-state index contributed by atoms with van der Waals surface area (Å²) in [5.74, 6) is -0.407. The van der Waals surface area contributed by atoms with Crippen molar-refractivity contribution >= 4 is 34.6 Å². The second-order valence-corrected chi connectivity index (χ2v) is 9.08. The van der Waals surface area contributed by atoms with Crippen LogP contribution < -0.4 is 15.1 Å². The lowest BCUT2D eigenvalue weighted by Gasteiger charge is -2.49. The largest absolute Gasteiger partial charge is 0.368 e.